The van der Waals surface area contributed by atoms with E-state index in [4.69, 9.17) is 0 Å². The Balaban J connectivity index is 1.83. The normalized spacial score (nSPS) is 17.4. The van der Waals surface area contributed by atoms with Crippen LogP contribution in [0.25, 0.3) is 0 Å². The van der Waals surface area contributed by atoms with Crippen LogP contribution in [0.15, 0.2) is 52.1 Å². The molecule has 0 spiro atoms. The predicted molar refractivity (Wildman–Crippen MR) is 84.9 cm³/mol. The lowest BCUT2D eigenvalue weighted by molar-refractivity contribution is 0.470. The molecule has 1 N–H and O–H groups in total. The first-order valence-electron chi connectivity index (χ1n) is 6.73. The van der Waals surface area contributed by atoms with Gasteiger partial charge >= 0.3 is 0 Å². The van der Waals surface area contributed by atoms with E-state index in [1.807, 2.05) is 30.3 Å². The van der Waals surface area contributed by atoms with Gasteiger partial charge in [0, 0.05) is 11.8 Å². The molecule has 1 aliphatic carbocycles. The lowest BCUT2D eigenvalue weighted by atomic mass is 9.93. The van der Waals surface area contributed by atoms with Crippen molar-refractivity contribution in [1.29, 1.82) is 5.26 Å². The number of thioether (sulfide) groups is 1. The molecular formula is C16H16N2S2. The van der Waals surface area contributed by atoms with E-state index in [0.29, 0.717) is 6.04 Å². The SMILES string of the molecule is N#CC(CSc1cccs1)(NC1CC1)c1ccccc1. The summed E-state index contributed by atoms with van der Waals surface area (Å²) in [5.74, 6) is 0.741. The van der Waals surface area contributed by atoms with Gasteiger partial charge in [0.2, 0.25) is 0 Å². The Morgan fingerprint density at radius 3 is 2.65 bits per heavy atom. The van der Waals surface area contributed by atoms with E-state index in [2.05, 4.69) is 28.9 Å². The zero-order chi connectivity index (χ0) is 13.8. The second-order valence-electron chi connectivity index (χ2n) is 5.02. The molecule has 0 aliphatic heterocycles. The summed E-state index contributed by atoms with van der Waals surface area (Å²) in [6.07, 6.45) is 2.36. The van der Waals surface area contributed by atoms with Crippen molar-refractivity contribution < 1.29 is 0 Å². The summed E-state index contributed by atoms with van der Waals surface area (Å²) in [7, 11) is 0. The molecule has 1 unspecified atom stereocenters. The fraction of sp³-hybridized carbons (Fsp3) is 0.312. The van der Waals surface area contributed by atoms with Gasteiger partial charge in [-0.05, 0) is 29.9 Å². The highest BCUT2D eigenvalue weighted by atomic mass is 32.2. The third kappa shape index (κ3) is 3.06. The maximum atomic E-state index is 9.81. The van der Waals surface area contributed by atoms with Gasteiger partial charge in [0.05, 0.1) is 10.3 Å². The van der Waals surface area contributed by atoms with Crippen LogP contribution in [0.2, 0.25) is 0 Å². The lowest BCUT2D eigenvalue weighted by Gasteiger charge is -2.28. The number of benzene rings is 1. The zero-order valence-electron chi connectivity index (χ0n) is 11.1. The Hall–Kier alpha value is -1.28. The van der Waals surface area contributed by atoms with E-state index < -0.39 is 5.54 Å². The molecule has 20 heavy (non-hydrogen) atoms. The highest BCUT2D eigenvalue weighted by Gasteiger charge is 2.38. The summed E-state index contributed by atoms with van der Waals surface area (Å²) in [4.78, 5) is 0. The maximum absolute atomic E-state index is 9.81. The Morgan fingerprint density at radius 1 is 1.25 bits per heavy atom. The van der Waals surface area contributed by atoms with Crippen molar-refractivity contribution >= 4 is 23.1 Å². The Morgan fingerprint density at radius 2 is 2.05 bits per heavy atom. The van der Waals surface area contributed by atoms with E-state index in [1.54, 1.807) is 23.1 Å². The smallest absolute Gasteiger partial charge is 0.141 e. The van der Waals surface area contributed by atoms with Gasteiger partial charge in [-0.25, -0.2) is 0 Å². The van der Waals surface area contributed by atoms with Crippen LogP contribution in [0.3, 0.4) is 0 Å². The van der Waals surface area contributed by atoms with Crippen LogP contribution in [-0.2, 0) is 5.54 Å². The second kappa shape index (κ2) is 6.01. The van der Waals surface area contributed by atoms with Crippen LogP contribution < -0.4 is 5.32 Å². The van der Waals surface area contributed by atoms with Crippen LogP contribution in [0.1, 0.15) is 18.4 Å². The molecule has 0 bridgehead atoms. The van der Waals surface area contributed by atoms with Gasteiger partial charge in [-0.2, -0.15) is 5.26 Å². The van der Waals surface area contributed by atoms with Crippen LogP contribution in [0, 0.1) is 11.3 Å². The van der Waals surface area contributed by atoms with E-state index in [-0.39, 0.29) is 0 Å². The largest absolute Gasteiger partial charge is 0.292 e. The van der Waals surface area contributed by atoms with Crippen molar-refractivity contribution in [3.05, 3.63) is 53.4 Å². The van der Waals surface area contributed by atoms with Gasteiger partial charge in [-0.1, -0.05) is 36.4 Å². The molecule has 0 amide bonds. The number of nitriles is 1. The topological polar surface area (TPSA) is 35.8 Å². The molecule has 1 aromatic heterocycles. The molecule has 4 heteroatoms. The monoisotopic (exact) mass is 300 g/mol. The molecule has 2 aromatic rings. The van der Waals surface area contributed by atoms with Crippen LogP contribution in [-0.4, -0.2) is 11.8 Å². The predicted octanol–water partition coefficient (Wildman–Crippen LogP) is 4.01. The fourth-order valence-corrected chi connectivity index (χ4v) is 4.07. The average Bonchev–Trinajstić information content (AvgIpc) is 3.16. The number of nitrogens with zero attached hydrogens (tertiary/aromatic N) is 1. The highest BCUT2D eigenvalue weighted by Crippen LogP contribution is 2.34. The minimum Gasteiger partial charge on any atom is -0.292 e. The summed E-state index contributed by atoms with van der Waals surface area (Å²) in [5, 5.41) is 15.4. The van der Waals surface area contributed by atoms with Gasteiger partial charge in [-0.15, -0.1) is 23.1 Å². The number of nitrogens with one attached hydrogen (secondary N) is 1. The van der Waals surface area contributed by atoms with Gasteiger partial charge in [0.25, 0.3) is 0 Å². The number of hydrogen-bond donors (Lipinski definition) is 1. The summed E-state index contributed by atoms with van der Waals surface area (Å²) in [5.41, 5.74) is 0.482. The van der Waals surface area contributed by atoms with E-state index >= 15 is 0 Å². The molecule has 1 saturated carbocycles. The molecule has 1 atom stereocenters. The molecule has 3 rings (SSSR count). The van der Waals surface area contributed by atoms with Crippen LogP contribution in [0.5, 0.6) is 0 Å². The van der Waals surface area contributed by atoms with Gasteiger partial charge in [0.15, 0.2) is 0 Å². The second-order valence-corrected chi connectivity index (χ2v) is 7.25. The Labute approximate surface area is 127 Å². The summed E-state index contributed by atoms with van der Waals surface area (Å²) >= 11 is 3.49. The number of thiophene rings is 1. The molecule has 1 heterocycles. The Bertz CT molecular complexity index is 585. The van der Waals surface area contributed by atoms with E-state index in [1.165, 1.54) is 17.1 Å². The fourth-order valence-electron chi connectivity index (χ4n) is 2.16. The first-order chi connectivity index (χ1) is 9.82. The first kappa shape index (κ1) is 13.7. The average molecular weight is 300 g/mol. The molecule has 1 fully saturated rings. The standard InChI is InChI=1S/C16H16N2S2/c17-11-16(18-14-8-9-14,13-5-2-1-3-6-13)12-20-15-7-4-10-19-15/h1-7,10,14,18H,8-9,12H2. The molecule has 0 radical (unpaired) electrons. The van der Waals surface area contributed by atoms with Gasteiger partial charge in [0.1, 0.15) is 5.54 Å². The molecule has 0 saturated heterocycles. The maximum Gasteiger partial charge on any atom is 0.141 e. The third-order valence-electron chi connectivity index (χ3n) is 3.41. The zero-order valence-corrected chi connectivity index (χ0v) is 12.7. The molecule has 102 valence electrons. The van der Waals surface area contributed by atoms with Crippen LogP contribution in [0.4, 0.5) is 0 Å². The highest BCUT2D eigenvalue weighted by molar-refractivity contribution is 8.01. The van der Waals surface area contributed by atoms with Crippen molar-refractivity contribution in [2.24, 2.45) is 0 Å². The Kier molecular flexibility index (Phi) is 4.11. The molecule has 2 nitrogen and oxygen atoms in total. The van der Waals surface area contributed by atoms with Gasteiger partial charge < -0.3 is 0 Å². The van der Waals surface area contributed by atoms with Gasteiger partial charge in [-0.3, -0.25) is 5.32 Å². The molecular weight excluding hydrogens is 284 g/mol. The van der Waals surface area contributed by atoms with Crippen molar-refractivity contribution in [2.75, 3.05) is 5.75 Å². The van der Waals surface area contributed by atoms with E-state index in [9.17, 15) is 5.26 Å². The quantitative estimate of drug-likeness (QED) is 0.819. The van der Waals surface area contributed by atoms with Crippen molar-refractivity contribution in [2.45, 2.75) is 28.6 Å². The number of rotatable bonds is 6. The van der Waals surface area contributed by atoms with Crippen molar-refractivity contribution in [3.8, 4) is 6.07 Å². The number of hydrogen-bond acceptors (Lipinski definition) is 4. The minimum absolute atomic E-state index is 0.499. The third-order valence-corrected chi connectivity index (χ3v) is 5.71. The first-order valence-corrected chi connectivity index (χ1v) is 8.60. The molecule has 1 aromatic carbocycles. The van der Waals surface area contributed by atoms with E-state index in [0.717, 1.165) is 11.3 Å². The van der Waals surface area contributed by atoms with Crippen LogP contribution >= 0.6 is 23.1 Å². The lowest BCUT2D eigenvalue weighted by Crippen LogP contribution is -2.44. The summed E-state index contributed by atoms with van der Waals surface area (Å²) in [6.45, 7) is 0. The summed E-state index contributed by atoms with van der Waals surface area (Å²) < 4.78 is 1.26. The van der Waals surface area contributed by atoms with Crippen molar-refractivity contribution in [1.82, 2.24) is 5.32 Å². The molecule has 1 aliphatic rings. The van der Waals surface area contributed by atoms with Crippen molar-refractivity contribution in [3.63, 3.8) is 0 Å². The minimum atomic E-state index is -0.586. The summed E-state index contributed by atoms with van der Waals surface area (Å²) in [6, 6.07) is 17.3.